The van der Waals surface area contributed by atoms with Crippen LogP contribution in [0.3, 0.4) is 0 Å². The SMILES string of the molecule is CCCCCCC1=NOC(C(c2cc[nH]c2)N(C)[C@H](C(=O)OC)C(C)C)C1. The average Bonchev–Trinajstić information content (AvgIpc) is 3.31. The predicted octanol–water partition coefficient (Wildman–Crippen LogP) is 4.30. The van der Waals surface area contributed by atoms with Crippen molar-refractivity contribution in [3.8, 4) is 0 Å². The van der Waals surface area contributed by atoms with Gasteiger partial charge in [0, 0.05) is 18.8 Å². The van der Waals surface area contributed by atoms with Crippen LogP contribution in [0.5, 0.6) is 0 Å². The average molecular weight is 378 g/mol. The van der Waals surface area contributed by atoms with Crippen molar-refractivity contribution in [2.75, 3.05) is 14.2 Å². The van der Waals surface area contributed by atoms with Crippen LogP contribution in [0, 0.1) is 5.92 Å². The van der Waals surface area contributed by atoms with Crippen LogP contribution in [0.2, 0.25) is 0 Å². The van der Waals surface area contributed by atoms with Crippen molar-refractivity contribution in [3.05, 3.63) is 24.0 Å². The number of carbonyl (C=O) groups excluding carboxylic acids is 1. The molecule has 2 heterocycles. The lowest BCUT2D eigenvalue weighted by atomic mass is 9.93. The Morgan fingerprint density at radius 2 is 2.19 bits per heavy atom. The summed E-state index contributed by atoms with van der Waals surface area (Å²) < 4.78 is 5.06. The van der Waals surface area contributed by atoms with E-state index in [-0.39, 0.29) is 30.1 Å². The van der Waals surface area contributed by atoms with Crippen LogP contribution in [0.1, 0.15) is 70.9 Å². The van der Waals surface area contributed by atoms with Crippen molar-refractivity contribution in [1.82, 2.24) is 9.88 Å². The summed E-state index contributed by atoms with van der Waals surface area (Å²) in [6.07, 6.45) is 10.5. The van der Waals surface area contributed by atoms with E-state index < -0.39 is 0 Å². The number of nitrogens with one attached hydrogen (secondary N) is 1. The molecular formula is C21H35N3O3. The molecule has 0 aromatic carbocycles. The van der Waals surface area contributed by atoms with Crippen LogP contribution in [0.15, 0.2) is 23.6 Å². The van der Waals surface area contributed by atoms with Crippen molar-refractivity contribution in [3.63, 3.8) is 0 Å². The van der Waals surface area contributed by atoms with E-state index in [9.17, 15) is 4.79 Å². The second kappa shape index (κ2) is 10.5. The summed E-state index contributed by atoms with van der Waals surface area (Å²) in [6.45, 7) is 6.30. The first kappa shape index (κ1) is 21.5. The van der Waals surface area contributed by atoms with Crippen LogP contribution in [-0.2, 0) is 14.4 Å². The Morgan fingerprint density at radius 1 is 1.41 bits per heavy atom. The highest BCUT2D eigenvalue weighted by Crippen LogP contribution is 2.34. The van der Waals surface area contributed by atoms with Gasteiger partial charge in [0.2, 0.25) is 0 Å². The van der Waals surface area contributed by atoms with Crippen LogP contribution in [0.4, 0.5) is 0 Å². The van der Waals surface area contributed by atoms with Gasteiger partial charge in [-0.25, -0.2) is 0 Å². The zero-order chi connectivity index (χ0) is 19.8. The van der Waals surface area contributed by atoms with Gasteiger partial charge in [-0.15, -0.1) is 0 Å². The molecule has 1 aromatic heterocycles. The van der Waals surface area contributed by atoms with E-state index in [4.69, 9.17) is 9.57 Å². The highest BCUT2D eigenvalue weighted by Gasteiger charge is 2.40. The van der Waals surface area contributed by atoms with Crippen molar-refractivity contribution in [2.45, 2.75) is 77.5 Å². The van der Waals surface area contributed by atoms with Gasteiger partial charge in [-0.05, 0) is 37.4 Å². The van der Waals surface area contributed by atoms with Gasteiger partial charge >= 0.3 is 5.97 Å². The summed E-state index contributed by atoms with van der Waals surface area (Å²) in [6, 6.07) is 1.63. The van der Waals surface area contributed by atoms with Gasteiger partial charge in [-0.1, -0.05) is 45.2 Å². The topological polar surface area (TPSA) is 66.9 Å². The Morgan fingerprint density at radius 3 is 2.78 bits per heavy atom. The third kappa shape index (κ3) is 5.58. The molecule has 0 amide bonds. The molecule has 0 spiro atoms. The molecule has 1 aromatic rings. The van der Waals surface area contributed by atoms with Crippen LogP contribution >= 0.6 is 0 Å². The third-order valence-corrected chi connectivity index (χ3v) is 5.34. The van der Waals surface area contributed by atoms with E-state index in [2.05, 4.69) is 22.0 Å². The Kier molecular flexibility index (Phi) is 8.35. The number of aromatic nitrogens is 1. The second-order valence-corrected chi connectivity index (χ2v) is 7.78. The van der Waals surface area contributed by atoms with Gasteiger partial charge in [-0.3, -0.25) is 9.69 Å². The minimum absolute atomic E-state index is 0.0698. The fourth-order valence-electron chi connectivity index (χ4n) is 3.96. The summed E-state index contributed by atoms with van der Waals surface area (Å²) in [4.78, 5) is 23.5. The quantitative estimate of drug-likeness (QED) is 0.461. The van der Waals surface area contributed by atoms with Crippen molar-refractivity contribution in [1.29, 1.82) is 0 Å². The fraction of sp³-hybridized carbons (Fsp3) is 0.714. The number of hydrogen-bond acceptors (Lipinski definition) is 5. The van der Waals surface area contributed by atoms with Gasteiger partial charge < -0.3 is 14.6 Å². The number of hydrogen-bond donors (Lipinski definition) is 1. The highest BCUT2D eigenvalue weighted by atomic mass is 16.6. The molecule has 6 heteroatoms. The number of aromatic amines is 1. The number of H-pyrrole nitrogens is 1. The number of carbonyl (C=O) groups is 1. The monoisotopic (exact) mass is 377 g/mol. The standard InChI is InChI=1S/C21H35N3O3/c1-6-7-8-9-10-17-13-18(27-23-17)20(16-11-12-22-14-16)24(4)19(15(2)3)21(25)26-5/h11-12,14-15,18-20,22H,6-10,13H2,1-5H3/t18?,19-,20?/m0/s1. The maximum absolute atomic E-state index is 12.4. The molecule has 0 radical (unpaired) electrons. The number of likely N-dealkylation sites (N-methyl/N-ethyl adjacent to an activating group) is 1. The molecule has 6 nitrogen and oxygen atoms in total. The number of nitrogens with zero attached hydrogens (tertiary/aromatic N) is 2. The zero-order valence-electron chi connectivity index (χ0n) is 17.4. The van der Waals surface area contributed by atoms with Crippen LogP contribution in [0.25, 0.3) is 0 Å². The molecule has 0 fully saturated rings. The molecule has 1 aliphatic rings. The molecular weight excluding hydrogens is 342 g/mol. The lowest BCUT2D eigenvalue weighted by molar-refractivity contribution is -0.150. The predicted molar refractivity (Wildman–Crippen MR) is 108 cm³/mol. The summed E-state index contributed by atoms with van der Waals surface area (Å²) in [5, 5.41) is 4.36. The van der Waals surface area contributed by atoms with E-state index in [1.807, 2.05) is 39.4 Å². The number of esters is 1. The van der Waals surface area contributed by atoms with Crippen molar-refractivity contribution < 1.29 is 14.4 Å². The summed E-state index contributed by atoms with van der Waals surface area (Å²) >= 11 is 0. The van der Waals surface area contributed by atoms with E-state index >= 15 is 0 Å². The summed E-state index contributed by atoms with van der Waals surface area (Å²) in [5.74, 6) is -0.0912. The van der Waals surface area contributed by atoms with Gasteiger partial charge in [0.1, 0.15) is 6.04 Å². The fourth-order valence-corrected chi connectivity index (χ4v) is 3.96. The van der Waals surface area contributed by atoms with Crippen LogP contribution < -0.4 is 0 Å². The number of unbranched alkanes of at least 4 members (excludes halogenated alkanes) is 3. The Labute approximate surface area is 163 Å². The third-order valence-electron chi connectivity index (χ3n) is 5.34. The minimum Gasteiger partial charge on any atom is -0.468 e. The highest BCUT2D eigenvalue weighted by molar-refractivity contribution is 5.85. The Bertz CT molecular complexity index is 598. The molecule has 1 aliphatic heterocycles. The zero-order valence-corrected chi connectivity index (χ0v) is 17.4. The lowest BCUT2D eigenvalue weighted by Gasteiger charge is -2.37. The van der Waals surface area contributed by atoms with Gasteiger partial charge in [-0.2, -0.15) is 0 Å². The molecule has 0 saturated heterocycles. The molecule has 27 heavy (non-hydrogen) atoms. The summed E-state index contributed by atoms with van der Waals surface area (Å²) in [7, 11) is 3.42. The van der Waals surface area contributed by atoms with E-state index in [1.54, 1.807) is 0 Å². The molecule has 1 N–H and O–H groups in total. The normalized spacial score (nSPS) is 19.1. The largest absolute Gasteiger partial charge is 0.468 e. The number of rotatable bonds is 11. The first-order chi connectivity index (χ1) is 13.0. The molecule has 0 aliphatic carbocycles. The molecule has 3 atom stereocenters. The first-order valence-electron chi connectivity index (χ1n) is 10.1. The maximum atomic E-state index is 12.4. The van der Waals surface area contributed by atoms with Gasteiger partial charge in [0.05, 0.1) is 18.9 Å². The number of oxime groups is 1. The molecule has 152 valence electrons. The Hall–Kier alpha value is -1.82. The van der Waals surface area contributed by atoms with Crippen LogP contribution in [-0.4, -0.2) is 47.9 Å². The molecule has 0 bridgehead atoms. The van der Waals surface area contributed by atoms with Gasteiger partial charge in [0.15, 0.2) is 6.10 Å². The van der Waals surface area contributed by atoms with E-state index in [1.165, 1.54) is 26.4 Å². The number of methoxy groups -OCH3 is 1. The Balaban J connectivity index is 2.11. The molecule has 2 unspecified atom stereocenters. The summed E-state index contributed by atoms with van der Waals surface area (Å²) in [5.41, 5.74) is 2.23. The minimum atomic E-state index is -0.341. The molecule has 2 rings (SSSR count). The molecule has 0 saturated carbocycles. The van der Waals surface area contributed by atoms with Crippen molar-refractivity contribution >= 4 is 11.7 Å². The smallest absolute Gasteiger partial charge is 0.323 e. The maximum Gasteiger partial charge on any atom is 0.323 e. The lowest BCUT2D eigenvalue weighted by Crippen LogP contribution is -2.48. The van der Waals surface area contributed by atoms with E-state index in [0.717, 1.165) is 30.5 Å². The van der Waals surface area contributed by atoms with E-state index in [0.29, 0.717) is 0 Å². The van der Waals surface area contributed by atoms with Gasteiger partial charge in [0.25, 0.3) is 0 Å². The second-order valence-electron chi connectivity index (χ2n) is 7.78. The number of ether oxygens (including phenoxy) is 1. The van der Waals surface area contributed by atoms with Crippen molar-refractivity contribution in [2.24, 2.45) is 11.1 Å². The first-order valence-corrected chi connectivity index (χ1v) is 10.1.